The zero-order valence-electron chi connectivity index (χ0n) is 11.7. The molecule has 3 aromatic rings. The summed E-state index contributed by atoms with van der Waals surface area (Å²) in [5.41, 5.74) is 2.18. The van der Waals surface area contributed by atoms with Crippen LogP contribution in [0.5, 0.6) is 0 Å². The van der Waals surface area contributed by atoms with Crippen LogP contribution in [0.2, 0.25) is 0 Å². The third-order valence-corrected chi connectivity index (χ3v) is 3.63. The lowest BCUT2D eigenvalue weighted by Crippen LogP contribution is -2.05. The quantitative estimate of drug-likeness (QED) is 0.774. The Balaban J connectivity index is 2.09. The summed E-state index contributed by atoms with van der Waals surface area (Å²) in [7, 11) is 1.88. The molecule has 0 aliphatic rings. The van der Waals surface area contributed by atoms with Gasteiger partial charge in [0.15, 0.2) is 0 Å². The summed E-state index contributed by atoms with van der Waals surface area (Å²) in [6.07, 6.45) is 1.95. The Bertz CT molecular complexity index is 757. The normalized spacial score (nSPS) is 11.2. The fourth-order valence-corrected chi connectivity index (χ4v) is 2.64. The third kappa shape index (κ3) is 2.54. The molecule has 0 aliphatic carbocycles. The van der Waals surface area contributed by atoms with Crippen molar-refractivity contribution in [3.8, 4) is 0 Å². The first-order valence-electron chi connectivity index (χ1n) is 6.85. The molecule has 21 heavy (non-hydrogen) atoms. The van der Waals surface area contributed by atoms with Gasteiger partial charge >= 0.3 is 0 Å². The highest BCUT2D eigenvalue weighted by molar-refractivity contribution is 5.84. The van der Waals surface area contributed by atoms with Crippen LogP contribution in [-0.4, -0.2) is 11.6 Å². The molecule has 0 saturated carbocycles. The predicted molar refractivity (Wildman–Crippen MR) is 80.2 cm³/mol. The molecule has 1 N–H and O–H groups in total. The van der Waals surface area contributed by atoms with Crippen LogP contribution in [0.1, 0.15) is 11.1 Å². The topological polar surface area (TPSA) is 17.0 Å². The number of hydrogen-bond donors (Lipinski definition) is 1. The van der Waals surface area contributed by atoms with Gasteiger partial charge in [-0.3, -0.25) is 0 Å². The maximum Gasteiger partial charge on any atom is 0.131 e. The maximum atomic E-state index is 13.8. The highest BCUT2D eigenvalue weighted by Gasteiger charge is 2.12. The van der Waals surface area contributed by atoms with E-state index in [1.165, 1.54) is 18.2 Å². The zero-order valence-corrected chi connectivity index (χ0v) is 11.7. The summed E-state index contributed by atoms with van der Waals surface area (Å²) in [5.74, 6) is -1.02. The van der Waals surface area contributed by atoms with Crippen molar-refractivity contribution < 1.29 is 8.78 Å². The summed E-state index contributed by atoms with van der Waals surface area (Å²) in [6, 6.07) is 11.9. The highest BCUT2D eigenvalue weighted by Crippen LogP contribution is 2.23. The molecule has 108 valence electrons. The van der Waals surface area contributed by atoms with E-state index >= 15 is 0 Å². The monoisotopic (exact) mass is 286 g/mol. The minimum atomic E-state index is -0.511. The average molecular weight is 286 g/mol. The van der Waals surface area contributed by atoms with Gasteiger partial charge in [0.25, 0.3) is 0 Å². The number of halogens is 2. The maximum absolute atomic E-state index is 13.8. The van der Waals surface area contributed by atoms with Crippen LogP contribution in [0.4, 0.5) is 8.78 Å². The SMILES string of the molecule is CNCc1cn(Cc2c(F)cccc2F)c2ccccc12. The fourth-order valence-electron chi connectivity index (χ4n) is 2.64. The van der Waals surface area contributed by atoms with Crippen molar-refractivity contribution in [3.05, 3.63) is 71.4 Å². The molecule has 2 aromatic carbocycles. The molecular weight excluding hydrogens is 270 g/mol. The van der Waals surface area contributed by atoms with E-state index in [-0.39, 0.29) is 12.1 Å². The van der Waals surface area contributed by atoms with Crippen LogP contribution in [0.3, 0.4) is 0 Å². The van der Waals surface area contributed by atoms with Crippen molar-refractivity contribution in [2.75, 3.05) is 7.05 Å². The smallest absolute Gasteiger partial charge is 0.131 e. The molecule has 3 rings (SSSR count). The average Bonchev–Trinajstić information content (AvgIpc) is 2.82. The van der Waals surface area contributed by atoms with Crippen LogP contribution >= 0.6 is 0 Å². The van der Waals surface area contributed by atoms with Crippen molar-refractivity contribution in [2.45, 2.75) is 13.1 Å². The first-order valence-corrected chi connectivity index (χ1v) is 6.85. The number of nitrogens with zero attached hydrogens (tertiary/aromatic N) is 1. The fraction of sp³-hybridized carbons (Fsp3) is 0.176. The first kappa shape index (κ1) is 13.8. The van der Waals surface area contributed by atoms with E-state index in [0.717, 1.165) is 16.5 Å². The number of rotatable bonds is 4. The molecule has 0 aliphatic heterocycles. The molecule has 0 atom stereocenters. The van der Waals surface area contributed by atoms with E-state index in [0.29, 0.717) is 6.54 Å². The zero-order chi connectivity index (χ0) is 14.8. The van der Waals surface area contributed by atoms with Gasteiger partial charge in [-0.15, -0.1) is 0 Å². The Hall–Kier alpha value is -2.20. The number of para-hydroxylation sites is 1. The Morgan fingerprint density at radius 3 is 2.43 bits per heavy atom. The number of benzene rings is 2. The second kappa shape index (κ2) is 5.66. The van der Waals surface area contributed by atoms with Crippen LogP contribution in [-0.2, 0) is 13.1 Å². The molecule has 2 nitrogen and oxygen atoms in total. The molecule has 0 saturated heterocycles. The predicted octanol–water partition coefficient (Wildman–Crippen LogP) is 3.69. The lowest BCUT2D eigenvalue weighted by molar-refractivity contribution is 0.547. The molecule has 1 heterocycles. The lowest BCUT2D eigenvalue weighted by atomic mass is 10.2. The largest absolute Gasteiger partial charge is 0.342 e. The molecule has 0 radical (unpaired) electrons. The second-order valence-corrected chi connectivity index (χ2v) is 5.03. The Kier molecular flexibility index (Phi) is 3.71. The lowest BCUT2D eigenvalue weighted by Gasteiger charge is -2.07. The molecule has 0 bridgehead atoms. The summed E-state index contributed by atoms with van der Waals surface area (Å²) in [5, 5.41) is 4.22. The second-order valence-electron chi connectivity index (χ2n) is 5.03. The molecule has 4 heteroatoms. The van der Waals surface area contributed by atoms with E-state index in [9.17, 15) is 8.78 Å². The van der Waals surface area contributed by atoms with E-state index in [4.69, 9.17) is 0 Å². The van der Waals surface area contributed by atoms with Crippen molar-refractivity contribution in [2.24, 2.45) is 0 Å². The Morgan fingerprint density at radius 1 is 1.00 bits per heavy atom. The van der Waals surface area contributed by atoms with Gasteiger partial charge in [-0.1, -0.05) is 24.3 Å². The number of nitrogens with one attached hydrogen (secondary N) is 1. The number of fused-ring (bicyclic) bond motifs is 1. The van der Waals surface area contributed by atoms with Gasteiger partial charge in [0.1, 0.15) is 11.6 Å². The van der Waals surface area contributed by atoms with Crippen LogP contribution in [0.25, 0.3) is 10.9 Å². The standard InChI is InChI=1S/C17H16F2N2/c1-20-9-12-10-21(17-8-3-2-5-13(12)17)11-14-15(18)6-4-7-16(14)19/h2-8,10,20H,9,11H2,1H3. The molecule has 0 amide bonds. The molecule has 0 fully saturated rings. The first-order chi connectivity index (χ1) is 10.2. The van der Waals surface area contributed by atoms with E-state index in [1.807, 2.05) is 42.1 Å². The van der Waals surface area contributed by atoms with Gasteiger partial charge in [0.05, 0.1) is 6.54 Å². The van der Waals surface area contributed by atoms with Gasteiger partial charge in [-0.05, 0) is 30.8 Å². The van der Waals surface area contributed by atoms with Gasteiger partial charge < -0.3 is 9.88 Å². The van der Waals surface area contributed by atoms with Crippen molar-refractivity contribution in [3.63, 3.8) is 0 Å². The number of aromatic nitrogens is 1. The summed E-state index contributed by atoms with van der Waals surface area (Å²) < 4.78 is 29.5. The van der Waals surface area contributed by atoms with E-state index in [1.54, 1.807) is 0 Å². The van der Waals surface area contributed by atoms with Crippen molar-refractivity contribution in [1.29, 1.82) is 0 Å². The summed E-state index contributed by atoms with van der Waals surface area (Å²) in [6.45, 7) is 0.899. The Labute approximate surface area is 122 Å². The van der Waals surface area contributed by atoms with Crippen molar-refractivity contribution >= 4 is 10.9 Å². The van der Waals surface area contributed by atoms with Gasteiger partial charge in [-0.25, -0.2) is 8.78 Å². The summed E-state index contributed by atoms with van der Waals surface area (Å²) in [4.78, 5) is 0. The molecule has 0 unspecified atom stereocenters. The van der Waals surface area contributed by atoms with E-state index in [2.05, 4.69) is 5.32 Å². The van der Waals surface area contributed by atoms with Gasteiger partial charge in [-0.2, -0.15) is 0 Å². The van der Waals surface area contributed by atoms with Crippen molar-refractivity contribution in [1.82, 2.24) is 9.88 Å². The van der Waals surface area contributed by atoms with Gasteiger partial charge in [0, 0.05) is 29.2 Å². The highest BCUT2D eigenvalue weighted by atomic mass is 19.1. The van der Waals surface area contributed by atoms with Crippen LogP contribution < -0.4 is 5.32 Å². The van der Waals surface area contributed by atoms with Crippen LogP contribution in [0.15, 0.2) is 48.7 Å². The molecular formula is C17H16F2N2. The molecule has 1 aromatic heterocycles. The Morgan fingerprint density at radius 2 is 1.71 bits per heavy atom. The van der Waals surface area contributed by atoms with E-state index < -0.39 is 11.6 Å². The molecule has 0 spiro atoms. The minimum absolute atomic E-state index is 0.0919. The van der Waals surface area contributed by atoms with Gasteiger partial charge in [0.2, 0.25) is 0 Å². The minimum Gasteiger partial charge on any atom is -0.342 e. The third-order valence-electron chi connectivity index (χ3n) is 3.63. The van der Waals surface area contributed by atoms with Crippen LogP contribution in [0, 0.1) is 11.6 Å². The summed E-state index contributed by atoms with van der Waals surface area (Å²) >= 11 is 0. The number of hydrogen-bond acceptors (Lipinski definition) is 1.